The van der Waals surface area contributed by atoms with Gasteiger partial charge in [0.05, 0.1) is 18.4 Å². The first-order valence-electron chi connectivity index (χ1n) is 15.6. The van der Waals surface area contributed by atoms with E-state index < -0.39 is 53.2 Å². The highest BCUT2D eigenvalue weighted by atomic mass is 35.5. The number of carbonyl (C=O) groups excluding carboxylic acids is 2. The number of carboxylic acids is 1. The number of nitrogens with one attached hydrogen (secondary N) is 1. The lowest BCUT2D eigenvalue weighted by Gasteiger charge is -2.43. The van der Waals surface area contributed by atoms with Gasteiger partial charge in [-0.2, -0.15) is 0 Å². The molecule has 0 saturated carbocycles. The predicted octanol–water partition coefficient (Wildman–Crippen LogP) is 4.56. The first kappa shape index (κ1) is 38.3. The fourth-order valence-electron chi connectivity index (χ4n) is 6.68. The molecule has 2 amide bonds. The van der Waals surface area contributed by atoms with Gasteiger partial charge >= 0.3 is 12.1 Å². The van der Waals surface area contributed by atoms with Gasteiger partial charge in [-0.1, -0.05) is 42.8 Å². The van der Waals surface area contributed by atoms with E-state index in [1.807, 2.05) is 32.9 Å². The van der Waals surface area contributed by atoms with Crippen LogP contribution in [0.4, 0.5) is 10.5 Å². The van der Waals surface area contributed by atoms with E-state index in [0.717, 1.165) is 11.1 Å². The first-order valence-corrected chi connectivity index (χ1v) is 16.0. The molecular weight excluding hydrogens is 630 g/mol. The highest BCUT2D eigenvalue weighted by Crippen LogP contribution is 2.60. The Labute approximate surface area is 282 Å². The zero-order valence-corrected chi connectivity index (χ0v) is 29.6. The van der Waals surface area contributed by atoms with Gasteiger partial charge in [0.2, 0.25) is 5.91 Å². The molecule has 2 saturated heterocycles. The molecule has 0 radical (unpaired) electrons. The molecule has 3 N–H and O–H groups in total. The summed E-state index contributed by atoms with van der Waals surface area (Å²) in [6.45, 7) is 11.3. The standard InChI is InChI=1S/C34H50ClN3O9/c1-11-12-27(45-10)34(43)19-26(46-31(42)36-34)21(4)33(18-24(30(40)41)37(6)7)32(5,47-33)14-13-28(39)38(8)23-16-22(15-20(2)3)17-25(44-9)29(23)35/h11-12,16-17,21,24,26-27,43H,2,13-15,18-19H2,1,3-10H3,(H,36,42)(H,40,41)/b12-11+/t21-,24+,26+,27-,32+,33+,34+/m1/s1. The van der Waals surface area contributed by atoms with Crippen LogP contribution in [0, 0.1) is 5.92 Å². The lowest BCUT2D eigenvalue weighted by atomic mass is 9.73. The summed E-state index contributed by atoms with van der Waals surface area (Å²) in [4.78, 5) is 41.8. The summed E-state index contributed by atoms with van der Waals surface area (Å²) in [5.41, 5.74) is -1.55. The molecule has 2 heterocycles. The van der Waals surface area contributed by atoms with E-state index in [1.54, 1.807) is 45.1 Å². The molecule has 0 unspecified atom stereocenters. The smallest absolute Gasteiger partial charge is 0.409 e. The van der Waals surface area contributed by atoms with Crippen LogP contribution in [0.5, 0.6) is 5.75 Å². The van der Waals surface area contributed by atoms with Crippen LogP contribution in [-0.4, -0.2) is 104 Å². The second kappa shape index (κ2) is 14.9. The number of allylic oxidation sites excluding steroid dienone is 2. The number of aliphatic carboxylic acids is 1. The Morgan fingerprint density at radius 3 is 2.47 bits per heavy atom. The zero-order valence-electron chi connectivity index (χ0n) is 28.9. The van der Waals surface area contributed by atoms with Crippen molar-refractivity contribution < 1.29 is 43.5 Å². The summed E-state index contributed by atoms with van der Waals surface area (Å²) in [5, 5.41) is 24.4. The molecule has 12 nitrogen and oxygen atoms in total. The van der Waals surface area contributed by atoms with Crippen LogP contribution >= 0.6 is 11.6 Å². The van der Waals surface area contributed by atoms with Crippen molar-refractivity contribution in [3.8, 4) is 5.75 Å². The van der Waals surface area contributed by atoms with E-state index in [2.05, 4.69) is 11.9 Å². The Morgan fingerprint density at radius 1 is 1.28 bits per heavy atom. The largest absolute Gasteiger partial charge is 0.495 e. The van der Waals surface area contributed by atoms with Crippen LogP contribution in [0.2, 0.25) is 5.02 Å². The quantitative estimate of drug-likeness (QED) is 0.168. The Balaban J connectivity index is 1.92. The van der Waals surface area contributed by atoms with Crippen LogP contribution < -0.4 is 15.0 Å². The number of likely N-dealkylation sites (N-methyl/N-ethyl adjacent to an activating group) is 1. The summed E-state index contributed by atoms with van der Waals surface area (Å²) in [5.74, 6) is -1.42. The maximum Gasteiger partial charge on any atom is 0.409 e. The third-order valence-corrected chi connectivity index (χ3v) is 9.88. The second-order valence-electron chi connectivity index (χ2n) is 13.1. The molecule has 3 rings (SSSR count). The number of benzene rings is 1. The van der Waals surface area contributed by atoms with Crippen molar-refractivity contribution >= 4 is 35.3 Å². The third-order valence-electron chi connectivity index (χ3n) is 9.50. The highest BCUT2D eigenvalue weighted by molar-refractivity contribution is 6.35. The van der Waals surface area contributed by atoms with Crippen molar-refractivity contribution in [1.29, 1.82) is 0 Å². The third kappa shape index (κ3) is 8.11. The Morgan fingerprint density at radius 2 is 1.94 bits per heavy atom. The number of carboxylic acid groups (broad SMARTS) is 1. The normalized spacial score (nSPS) is 27.5. The van der Waals surface area contributed by atoms with Gasteiger partial charge in [-0.25, -0.2) is 4.79 Å². The van der Waals surface area contributed by atoms with Crippen LogP contribution in [0.15, 0.2) is 36.4 Å². The van der Waals surface area contributed by atoms with Gasteiger partial charge in [0.25, 0.3) is 0 Å². The minimum atomic E-state index is -1.78. The number of alkyl carbamates (subject to hydrolysis) is 1. The van der Waals surface area contributed by atoms with Crippen molar-refractivity contribution in [3.63, 3.8) is 0 Å². The number of cyclic esters (lactones) is 1. The number of rotatable bonds is 16. The molecular formula is C34H50ClN3O9. The average molecular weight is 680 g/mol. The van der Waals surface area contributed by atoms with Gasteiger partial charge in [0, 0.05) is 39.3 Å². The first-order chi connectivity index (χ1) is 21.9. The molecule has 0 spiro atoms. The van der Waals surface area contributed by atoms with Gasteiger partial charge in [-0.15, -0.1) is 0 Å². The molecule has 13 heteroatoms. The molecule has 2 aliphatic rings. The van der Waals surface area contributed by atoms with Crippen LogP contribution in [-0.2, 0) is 30.2 Å². The van der Waals surface area contributed by atoms with E-state index >= 15 is 0 Å². The highest BCUT2D eigenvalue weighted by Gasteiger charge is 2.71. The number of epoxide rings is 1. The van der Waals surface area contributed by atoms with Crippen molar-refractivity contribution in [2.24, 2.45) is 5.92 Å². The van der Waals surface area contributed by atoms with Gasteiger partial charge in [0.15, 0.2) is 5.72 Å². The number of ether oxygens (including phenoxy) is 4. The minimum Gasteiger partial charge on any atom is -0.495 e. The van der Waals surface area contributed by atoms with E-state index in [-0.39, 0.29) is 31.6 Å². The van der Waals surface area contributed by atoms with Crippen LogP contribution in [0.1, 0.15) is 58.9 Å². The molecule has 262 valence electrons. The SMILES string of the molecule is C=C(C)Cc1cc(OC)c(Cl)c(N(C)C(=O)CC[C@]2(C)O[C@@]2(C[C@@H](C(=O)O)N(C)C)[C@H](C)[C@@H]2C[C@](O)([C@@H](/C=C/C)OC)NC(=O)O2)c1. The average Bonchev–Trinajstić information content (AvgIpc) is 3.60. The summed E-state index contributed by atoms with van der Waals surface area (Å²) in [6, 6.07) is 2.71. The topological polar surface area (TPSA) is 150 Å². The number of halogens is 1. The summed E-state index contributed by atoms with van der Waals surface area (Å²) < 4.78 is 23.1. The molecule has 1 aromatic carbocycles. The second-order valence-corrected chi connectivity index (χ2v) is 13.5. The van der Waals surface area contributed by atoms with E-state index in [4.69, 9.17) is 30.5 Å². The van der Waals surface area contributed by atoms with Gasteiger partial charge in [-0.05, 0) is 65.4 Å². The lowest BCUT2D eigenvalue weighted by molar-refractivity contribution is -0.149. The lowest BCUT2D eigenvalue weighted by Crippen LogP contribution is -2.64. The van der Waals surface area contributed by atoms with Crippen molar-refractivity contribution in [1.82, 2.24) is 10.2 Å². The summed E-state index contributed by atoms with van der Waals surface area (Å²) in [7, 11) is 7.90. The summed E-state index contributed by atoms with van der Waals surface area (Å²) in [6.07, 6.45) is 1.65. The van der Waals surface area contributed by atoms with Crippen LogP contribution in [0.25, 0.3) is 0 Å². The Bertz CT molecular complexity index is 1390. The number of amides is 2. The van der Waals surface area contributed by atoms with Gasteiger partial charge in [0.1, 0.15) is 34.6 Å². The van der Waals surface area contributed by atoms with E-state index in [9.17, 15) is 24.6 Å². The summed E-state index contributed by atoms with van der Waals surface area (Å²) >= 11 is 6.63. The molecule has 0 bridgehead atoms. The molecule has 2 fully saturated rings. The maximum atomic E-state index is 13.6. The Kier molecular flexibility index (Phi) is 12.2. The van der Waals surface area contributed by atoms with E-state index in [1.165, 1.54) is 19.1 Å². The number of carbonyl (C=O) groups is 3. The van der Waals surface area contributed by atoms with Crippen molar-refractivity contribution in [3.05, 3.63) is 47.0 Å². The number of hydrogen-bond donors (Lipinski definition) is 3. The monoisotopic (exact) mass is 679 g/mol. The molecule has 47 heavy (non-hydrogen) atoms. The number of aliphatic hydroxyl groups is 1. The molecule has 1 aromatic rings. The van der Waals surface area contributed by atoms with Gasteiger partial charge < -0.3 is 34.1 Å². The maximum absolute atomic E-state index is 13.6. The number of methoxy groups -OCH3 is 2. The number of nitrogens with zero attached hydrogens (tertiary/aromatic N) is 2. The predicted molar refractivity (Wildman–Crippen MR) is 179 cm³/mol. The van der Waals surface area contributed by atoms with Crippen molar-refractivity contribution in [2.75, 3.05) is 40.3 Å². The van der Waals surface area contributed by atoms with Crippen molar-refractivity contribution in [2.45, 2.75) is 95.0 Å². The fourth-order valence-corrected chi connectivity index (χ4v) is 6.99. The number of hydrogen-bond acceptors (Lipinski definition) is 9. The van der Waals surface area contributed by atoms with E-state index in [0.29, 0.717) is 22.9 Å². The van der Waals surface area contributed by atoms with Gasteiger partial charge in [-0.3, -0.25) is 19.8 Å². The molecule has 2 aliphatic heterocycles. The Hall–Kier alpha value is -3.16. The van der Waals surface area contributed by atoms with Crippen LogP contribution in [0.3, 0.4) is 0 Å². The molecule has 0 aromatic heterocycles. The zero-order chi connectivity index (χ0) is 35.5. The molecule has 0 aliphatic carbocycles. The minimum absolute atomic E-state index is 0.0471. The number of anilines is 1. The molecule has 7 atom stereocenters. The fraction of sp³-hybridized carbons (Fsp3) is 0.618.